The van der Waals surface area contributed by atoms with Gasteiger partial charge in [0.15, 0.2) is 5.96 Å². The van der Waals surface area contributed by atoms with Crippen molar-refractivity contribution in [2.45, 2.75) is 6.42 Å². The van der Waals surface area contributed by atoms with E-state index in [0.717, 1.165) is 25.1 Å². The Morgan fingerprint density at radius 1 is 1.41 bits per heavy atom. The van der Waals surface area contributed by atoms with Gasteiger partial charge in [0.2, 0.25) is 0 Å². The van der Waals surface area contributed by atoms with Gasteiger partial charge in [-0.1, -0.05) is 12.1 Å². The van der Waals surface area contributed by atoms with Crippen LogP contribution in [0.4, 0.5) is 0 Å². The molecule has 22 heavy (non-hydrogen) atoms. The molecule has 0 aliphatic carbocycles. The fraction of sp³-hybridized carbons (Fsp3) is 0.467. The molecule has 1 fully saturated rings. The summed E-state index contributed by atoms with van der Waals surface area (Å²) < 4.78 is 5.28. The summed E-state index contributed by atoms with van der Waals surface area (Å²) in [5.41, 5.74) is 7.71. The van der Waals surface area contributed by atoms with Crippen molar-refractivity contribution in [2.24, 2.45) is 10.7 Å². The normalized spacial score (nSPS) is 15.1. The lowest BCUT2D eigenvalue weighted by molar-refractivity contribution is 0.0674. The number of halogens is 1. The van der Waals surface area contributed by atoms with E-state index >= 15 is 0 Å². The van der Waals surface area contributed by atoms with Gasteiger partial charge in [0.05, 0.1) is 13.2 Å². The van der Waals surface area contributed by atoms with Gasteiger partial charge in [-0.05, 0) is 24.1 Å². The summed E-state index contributed by atoms with van der Waals surface area (Å²) in [5, 5.41) is 2.62. The number of nitrogens with zero attached hydrogens (tertiary/aromatic N) is 2. The molecule has 3 N–H and O–H groups in total. The zero-order chi connectivity index (χ0) is 15.1. The van der Waals surface area contributed by atoms with Gasteiger partial charge in [-0.2, -0.15) is 0 Å². The molecule has 1 saturated heterocycles. The molecule has 0 atom stereocenters. The van der Waals surface area contributed by atoms with E-state index in [1.807, 2.05) is 23.1 Å². The Morgan fingerprint density at radius 3 is 2.82 bits per heavy atom. The fourth-order valence-corrected chi connectivity index (χ4v) is 2.20. The van der Waals surface area contributed by atoms with Crippen LogP contribution < -0.4 is 11.1 Å². The van der Waals surface area contributed by atoms with Crippen LogP contribution in [0.5, 0.6) is 0 Å². The van der Waals surface area contributed by atoms with Gasteiger partial charge in [0, 0.05) is 32.2 Å². The quantitative estimate of drug-likeness (QED) is 0.432. The molecule has 0 radical (unpaired) electrons. The van der Waals surface area contributed by atoms with Gasteiger partial charge < -0.3 is 20.7 Å². The van der Waals surface area contributed by atoms with Crippen molar-refractivity contribution in [2.75, 3.05) is 39.9 Å². The van der Waals surface area contributed by atoms with E-state index in [4.69, 9.17) is 10.5 Å². The number of morpholine rings is 1. The minimum atomic E-state index is -0.0758. The number of hydrogen-bond donors (Lipinski definition) is 2. The molecule has 0 bridgehead atoms. The van der Waals surface area contributed by atoms with Crippen LogP contribution in [0.25, 0.3) is 0 Å². The fourth-order valence-electron chi connectivity index (χ4n) is 2.20. The third-order valence-electron chi connectivity index (χ3n) is 3.43. The summed E-state index contributed by atoms with van der Waals surface area (Å²) in [6, 6.07) is 7.56. The first-order valence-corrected chi connectivity index (χ1v) is 7.14. The average molecular weight is 418 g/mol. The first-order chi connectivity index (χ1) is 10.2. The Labute approximate surface area is 148 Å². The number of benzene rings is 1. The highest BCUT2D eigenvalue weighted by molar-refractivity contribution is 14.0. The molecule has 1 aromatic rings. The number of carbonyl (C=O) groups excluding carboxylic acids is 1. The highest BCUT2D eigenvalue weighted by Crippen LogP contribution is 2.06. The SMILES string of the molecule is CNC(=O)c1cccc(CCN=C(N)N2CCOCC2)c1.I. The minimum absolute atomic E-state index is 0. The monoisotopic (exact) mass is 418 g/mol. The molecule has 1 aliphatic heterocycles. The standard InChI is InChI=1S/C15H22N4O2.HI/c1-17-14(20)13-4-2-3-12(11-13)5-6-18-15(16)19-7-9-21-10-8-19;/h2-4,11H,5-10H2,1H3,(H2,16,18)(H,17,20);1H. The van der Waals surface area contributed by atoms with E-state index in [1.54, 1.807) is 13.1 Å². The van der Waals surface area contributed by atoms with Gasteiger partial charge in [0.1, 0.15) is 0 Å². The molecule has 1 heterocycles. The number of hydrogen-bond acceptors (Lipinski definition) is 3. The number of rotatable bonds is 4. The van der Waals surface area contributed by atoms with Crippen molar-refractivity contribution in [3.63, 3.8) is 0 Å². The first-order valence-electron chi connectivity index (χ1n) is 7.14. The smallest absolute Gasteiger partial charge is 0.251 e. The van der Waals surface area contributed by atoms with E-state index in [0.29, 0.717) is 31.3 Å². The molecule has 0 unspecified atom stereocenters. The molecule has 0 aromatic heterocycles. The van der Waals surface area contributed by atoms with Gasteiger partial charge in [0.25, 0.3) is 5.91 Å². The van der Waals surface area contributed by atoms with Crippen LogP contribution in [0.3, 0.4) is 0 Å². The van der Waals surface area contributed by atoms with Gasteiger partial charge in [-0.3, -0.25) is 9.79 Å². The summed E-state index contributed by atoms with van der Waals surface area (Å²) in [6.45, 7) is 3.60. The van der Waals surface area contributed by atoms with Crippen molar-refractivity contribution >= 4 is 35.8 Å². The van der Waals surface area contributed by atoms with Crippen molar-refractivity contribution in [1.29, 1.82) is 0 Å². The Morgan fingerprint density at radius 2 is 2.14 bits per heavy atom. The maximum Gasteiger partial charge on any atom is 0.251 e. The molecular weight excluding hydrogens is 395 g/mol. The Kier molecular flexibility index (Phi) is 8.18. The molecule has 7 heteroatoms. The molecule has 6 nitrogen and oxygen atoms in total. The second kappa shape index (κ2) is 9.62. The maximum absolute atomic E-state index is 11.6. The predicted octanol–water partition coefficient (Wildman–Crippen LogP) is 0.854. The molecule has 2 rings (SSSR count). The van der Waals surface area contributed by atoms with Crippen molar-refractivity contribution in [3.05, 3.63) is 35.4 Å². The molecule has 1 amide bonds. The molecule has 1 aliphatic rings. The topological polar surface area (TPSA) is 80.0 Å². The number of ether oxygens (including phenoxy) is 1. The molecule has 0 spiro atoms. The van der Waals surface area contributed by atoms with Crippen LogP contribution in [0.1, 0.15) is 15.9 Å². The highest BCUT2D eigenvalue weighted by atomic mass is 127. The minimum Gasteiger partial charge on any atom is -0.378 e. The summed E-state index contributed by atoms with van der Waals surface area (Å²) in [7, 11) is 1.63. The Hall–Kier alpha value is -1.35. The van der Waals surface area contributed by atoms with Crippen LogP contribution in [0, 0.1) is 0 Å². The number of carbonyl (C=O) groups is 1. The van der Waals surface area contributed by atoms with Gasteiger partial charge >= 0.3 is 0 Å². The zero-order valence-electron chi connectivity index (χ0n) is 12.7. The first kappa shape index (κ1) is 18.7. The van der Waals surface area contributed by atoms with E-state index in [9.17, 15) is 4.79 Å². The summed E-state index contributed by atoms with van der Waals surface area (Å²) in [4.78, 5) is 18.0. The van der Waals surface area contributed by atoms with E-state index in [-0.39, 0.29) is 29.9 Å². The highest BCUT2D eigenvalue weighted by Gasteiger charge is 2.11. The number of guanidine groups is 1. The maximum atomic E-state index is 11.6. The number of amides is 1. The van der Waals surface area contributed by atoms with Gasteiger partial charge in [-0.15, -0.1) is 24.0 Å². The van der Waals surface area contributed by atoms with Crippen molar-refractivity contribution in [3.8, 4) is 0 Å². The average Bonchev–Trinajstić information content (AvgIpc) is 2.55. The van der Waals surface area contributed by atoms with Crippen molar-refractivity contribution in [1.82, 2.24) is 10.2 Å². The van der Waals surface area contributed by atoms with Crippen LogP contribution in [0.2, 0.25) is 0 Å². The summed E-state index contributed by atoms with van der Waals surface area (Å²) in [5.74, 6) is 0.494. The lowest BCUT2D eigenvalue weighted by Crippen LogP contribution is -2.44. The predicted molar refractivity (Wildman–Crippen MR) is 97.8 cm³/mol. The second-order valence-corrected chi connectivity index (χ2v) is 4.87. The largest absolute Gasteiger partial charge is 0.378 e. The van der Waals surface area contributed by atoms with Crippen LogP contribution in [-0.4, -0.2) is 56.7 Å². The van der Waals surface area contributed by atoms with E-state index in [1.165, 1.54) is 0 Å². The van der Waals surface area contributed by atoms with Crippen LogP contribution in [0.15, 0.2) is 29.3 Å². The second-order valence-electron chi connectivity index (χ2n) is 4.87. The molecular formula is C15H23IN4O2. The van der Waals surface area contributed by atoms with Gasteiger partial charge in [-0.25, -0.2) is 0 Å². The molecule has 1 aromatic carbocycles. The number of aliphatic imine (C=N–C) groups is 1. The number of nitrogens with two attached hydrogens (primary N) is 1. The van der Waals surface area contributed by atoms with Crippen LogP contribution >= 0.6 is 24.0 Å². The third-order valence-corrected chi connectivity index (χ3v) is 3.43. The zero-order valence-corrected chi connectivity index (χ0v) is 15.1. The summed E-state index contributed by atoms with van der Waals surface area (Å²) >= 11 is 0. The third kappa shape index (κ3) is 5.45. The summed E-state index contributed by atoms with van der Waals surface area (Å²) in [6.07, 6.45) is 0.760. The lowest BCUT2D eigenvalue weighted by Gasteiger charge is -2.27. The van der Waals surface area contributed by atoms with E-state index in [2.05, 4.69) is 10.3 Å². The Bertz CT molecular complexity index is 516. The van der Waals surface area contributed by atoms with E-state index < -0.39 is 0 Å². The van der Waals surface area contributed by atoms with Crippen molar-refractivity contribution < 1.29 is 9.53 Å². The molecule has 122 valence electrons. The lowest BCUT2D eigenvalue weighted by atomic mass is 10.1. The Balaban J connectivity index is 0.00000242. The van der Waals surface area contributed by atoms with Crippen LogP contribution in [-0.2, 0) is 11.2 Å². The number of nitrogens with one attached hydrogen (secondary N) is 1. The molecule has 0 saturated carbocycles.